The minimum atomic E-state index is -0.778. The Bertz CT molecular complexity index is 406. The van der Waals surface area contributed by atoms with E-state index in [-0.39, 0.29) is 44.7 Å². The van der Waals surface area contributed by atoms with Gasteiger partial charge in [0.2, 0.25) is 12.3 Å². The highest BCUT2D eigenvalue weighted by atomic mass is 16.7. The second kappa shape index (κ2) is 7.87. The Hall–Kier alpha value is -2.45. The Kier molecular flexibility index (Phi) is 6.14. The van der Waals surface area contributed by atoms with Gasteiger partial charge >= 0.3 is 5.97 Å². The molecule has 110 valence electrons. The number of hydrogen-bond donors (Lipinski definition) is 2. The fourth-order valence-electron chi connectivity index (χ4n) is 1.44. The Labute approximate surface area is 114 Å². The number of amides is 4. The summed E-state index contributed by atoms with van der Waals surface area (Å²) in [6, 6.07) is 0. The van der Waals surface area contributed by atoms with Gasteiger partial charge in [0.1, 0.15) is 0 Å². The predicted molar refractivity (Wildman–Crippen MR) is 63.5 cm³/mol. The second-order valence-corrected chi connectivity index (χ2v) is 3.97. The lowest BCUT2D eigenvalue weighted by molar-refractivity contribution is -0.197. The van der Waals surface area contributed by atoms with E-state index in [9.17, 15) is 24.0 Å². The van der Waals surface area contributed by atoms with E-state index in [1.807, 2.05) is 0 Å². The molecular weight excluding hydrogens is 270 g/mol. The molecule has 1 fully saturated rings. The van der Waals surface area contributed by atoms with E-state index in [4.69, 9.17) is 0 Å². The molecule has 1 aliphatic heterocycles. The van der Waals surface area contributed by atoms with Gasteiger partial charge in [-0.3, -0.25) is 19.2 Å². The summed E-state index contributed by atoms with van der Waals surface area (Å²) in [5.74, 6) is -2.21. The van der Waals surface area contributed by atoms with Crippen LogP contribution in [0.4, 0.5) is 0 Å². The predicted octanol–water partition coefficient (Wildman–Crippen LogP) is -1.76. The summed E-state index contributed by atoms with van der Waals surface area (Å²) in [7, 11) is 0. The van der Waals surface area contributed by atoms with Gasteiger partial charge < -0.3 is 15.5 Å². The van der Waals surface area contributed by atoms with E-state index in [1.165, 1.54) is 0 Å². The zero-order valence-electron chi connectivity index (χ0n) is 10.7. The SMILES string of the molecule is O=CNCCC(=O)NCCC(=O)ON1C(=O)CCC1=O. The van der Waals surface area contributed by atoms with Crippen LogP contribution in [0.5, 0.6) is 0 Å². The van der Waals surface area contributed by atoms with Gasteiger partial charge in [-0.25, -0.2) is 4.79 Å². The van der Waals surface area contributed by atoms with Crippen LogP contribution < -0.4 is 10.6 Å². The third kappa shape index (κ3) is 5.04. The van der Waals surface area contributed by atoms with Crippen LogP contribution in [0, 0.1) is 0 Å². The maximum absolute atomic E-state index is 11.4. The number of hydrogen-bond acceptors (Lipinski definition) is 6. The van der Waals surface area contributed by atoms with Crippen molar-refractivity contribution >= 4 is 30.1 Å². The highest BCUT2D eigenvalue weighted by Crippen LogP contribution is 2.12. The van der Waals surface area contributed by atoms with Crippen LogP contribution in [0.1, 0.15) is 25.7 Å². The third-order valence-electron chi connectivity index (χ3n) is 2.43. The molecule has 2 N–H and O–H groups in total. The number of nitrogens with one attached hydrogen (secondary N) is 2. The van der Waals surface area contributed by atoms with Crippen molar-refractivity contribution in [1.29, 1.82) is 0 Å². The third-order valence-corrected chi connectivity index (χ3v) is 2.43. The van der Waals surface area contributed by atoms with E-state index in [1.54, 1.807) is 0 Å². The molecule has 1 heterocycles. The summed E-state index contributed by atoms with van der Waals surface area (Å²) in [4.78, 5) is 59.5. The summed E-state index contributed by atoms with van der Waals surface area (Å²) >= 11 is 0. The molecule has 0 atom stereocenters. The lowest BCUT2D eigenvalue weighted by atomic mass is 10.3. The molecular formula is C11H15N3O6. The lowest BCUT2D eigenvalue weighted by Gasteiger charge is -2.12. The first kappa shape index (κ1) is 15.6. The van der Waals surface area contributed by atoms with E-state index >= 15 is 0 Å². The minimum Gasteiger partial charge on any atom is -0.358 e. The van der Waals surface area contributed by atoms with Gasteiger partial charge in [0.25, 0.3) is 11.8 Å². The molecule has 20 heavy (non-hydrogen) atoms. The zero-order valence-corrected chi connectivity index (χ0v) is 10.7. The second-order valence-electron chi connectivity index (χ2n) is 3.97. The van der Waals surface area contributed by atoms with Gasteiger partial charge in [-0.1, -0.05) is 0 Å². The molecule has 0 spiro atoms. The molecule has 9 heteroatoms. The van der Waals surface area contributed by atoms with Crippen LogP contribution >= 0.6 is 0 Å². The highest BCUT2D eigenvalue weighted by molar-refractivity contribution is 6.01. The fraction of sp³-hybridized carbons (Fsp3) is 0.545. The lowest BCUT2D eigenvalue weighted by Crippen LogP contribution is -2.34. The molecule has 0 radical (unpaired) electrons. The monoisotopic (exact) mass is 285 g/mol. The van der Waals surface area contributed by atoms with E-state index in [0.29, 0.717) is 11.5 Å². The summed E-state index contributed by atoms with van der Waals surface area (Å²) < 4.78 is 0. The van der Waals surface area contributed by atoms with Crippen LogP contribution in [0.25, 0.3) is 0 Å². The van der Waals surface area contributed by atoms with Gasteiger partial charge in [-0.05, 0) is 0 Å². The molecule has 4 amide bonds. The number of hydroxylamine groups is 2. The summed E-state index contributed by atoms with van der Waals surface area (Å²) in [5.41, 5.74) is 0. The van der Waals surface area contributed by atoms with Crippen LogP contribution in [0.15, 0.2) is 0 Å². The van der Waals surface area contributed by atoms with Crippen LogP contribution in [0.2, 0.25) is 0 Å². The molecule has 1 rings (SSSR count). The number of carbonyl (C=O) groups excluding carboxylic acids is 5. The van der Waals surface area contributed by atoms with Crippen molar-refractivity contribution in [1.82, 2.24) is 15.7 Å². The van der Waals surface area contributed by atoms with Gasteiger partial charge in [0.05, 0.1) is 6.42 Å². The molecule has 0 unspecified atom stereocenters. The van der Waals surface area contributed by atoms with Gasteiger partial charge in [0.15, 0.2) is 0 Å². The Morgan fingerprint density at radius 2 is 1.80 bits per heavy atom. The first-order valence-corrected chi connectivity index (χ1v) is 6.05. The van der Waals surface area contributed by atoms with Crippen molar-refractivity contribution in [3.63, 3.8) is 0 Å². The zero-order chi connectivity index (χ0) is 15.0. The van der Waals surface area contributed by atoms with Crippen molar-refractivity contribution in [3.05, 3.63) is 0 Å². The molecule has 9 nitrogen and oxygen atoms in total. The molecule has 0 bridgehead atoms. The first-order valence-electron chi connectivity index (χ1n) is 6.05. The summed E-state index contributed by atoms with van der Waals surface area (Å²) in [6.45, 7) is 0.228. The summed E-state index contributed by atoms with van der Waals surface area (Å²) in [6.07, 6.45) is 0.481. The number of nitrogens with zero attached hydrogens (tertiary/aromatic N) is 1. The van der Waals surface area contributed by atoms with Crippen molar-refractivity contribution in [3.8, 4) is 0 Å². The normalized spacial score (nSPS) is 14.1. The molecule has 0 aliphatic carbocycles. The number of imide groups is 1. The van der Waals surface area contributed by atoms with E-state index in [0.717, 1.165) is 0 Å². The van der Waals surface area contributed by atoms with E-state index in [2.05, 4.69) is 15.5 Å². The topological polar surface area (TPSA) is 122 Å². The van der Waals surface area contributed by atoms with Gasteiger partial charge in [-0.15, -0.1) is 5.06 Å². The van der Waals surface area contributed by atoms with E-state index < -0.39 is 17.8 Å². The highest BCUT2D eigenvalue weighted by Gasteiger charge is 2.32. The minimum absolute atomic E-state index is 0.0228. The smallest absolute Gasteiger partial charge is 0.334 e. The molecule has 0 saturated carbocycles. The van der Waals surface area contributed by atoms with Crippen LogP contribution in [-0.4, -0.2) is 48.3 Å². The summed E-state index contributed by atoms with van der Waals surface area (Å²) in [5, 5.41) is 5.21. The molecule has 1 aliphatic rings. The van der Waals surface area contributed by atoms with Crippen molar-refractivity contribution in [2.24, 2.45) is 0 Å². The van der Waals surface area contributed by atoms with Crippen LogP contribution in [-0.2, 0) is 28.8 Å². The fourth-order valence-corrected chi connectivity index (χ4v) is 1.44. The van der Waals surface area contributed by atoms with Crippen molar-refractivity contribution in [2.75, 3.05) is 13.1 Å². The van der Waals surface area contributed by atoms with Gasteiger partial charge in [0, 0.05) is 32.4 Å². The number of rotatable bonds is 8. The molecule has 0 aromatic rings. The Morgan fingerprint density at radius 3 is 2.40 bits per heavy atom. The van der Waals surface area contributed by atoms with Crippen molar-refractivity contribution < 1.29 is 28.8 Å². The van der Waals surface area contributed by atoms with Crippen LogP contribution in [0.3, 0.4) is 0 Å². The van der Waals surface area contributed by atoms with Crippen molar-refractivity contribution in [2.45, 2.75) is 25.7 Å². The Balaban J connectivity index is 2.17. The standard InChI is InChI=1S/C11H15N3O6/c15-7-12-5-3-8(16)13-6-4-11(19)20-14-9(17)1-2-10(14)18/h7H,1-6H2,(H,12,15)(H,13,16). The van der Waals surface area contributed by atoms with Gasteiger partial charge in [-0.2, -0.15) is 0 Å². The maximum atomic E-state index is 11.4. The number of carbonyl (C=O) groups is 5. The maximum Gasteiger partial charge on any atom is 0.334 e. The first-order chi connectivity index (χ1) is 9.54. The molecule has 0 aromatic heterocycles. The molecule has 1 saturated heterocycles. The largest absolute Gasteiger partial charge is 0.358 e. The Morgan fingerprint density at radius 1 is 1.15 bits per heavy atom. The average molecular weight is 285 g/mol. The molecule has 0 aromatic carbocycles. The quantitative estimate of drug-likeness (QED) is 0.309. The average Bonchev–Trinajstić information content (AvgIpc) is 2.71.